The minimum atomic E-state index is 0.741. The third kappa shape index (κ3) is 3.54. The molecule has 0 fully saturated rings. The van der Waals surface area contributed by atoms with Crippen molar-refractivity contribution in [1.29, 1.82) is 0 Å². The number of hydrogen-bond acceptors (Lipinski definition) is 2. The first kappa shape index (κ1) is 12.1. The van der Waals surface area contributed by atoms with Crippen LogP contribution in [-0.4, -0.2) is 16.3 Å². The van der Waals surface area contributed by atoms with Gasteiger partial charge >= 0.3 is 0 Å². The lowest BCUT2D eigenvalue weighted by Gasteiger charge is -2.01. The molecule has 0 aliphatic rings. The molecule has 2 aromatic rings. The van der Waals surface area contributed by atoms with E-state index in [2.05, 4.69) is 32.9 Å². The number of aromatic nitrogens is 2. The Bertz CT molecular complexity index is 490. The highest BCUT2D eigenvalue weighted by molar-refractivity contribution is 9.11. The van der Waals surface area contributed by atoms with Crippen LogP contribution in [0.2, 0.25) is 0 Å². The molecular weight excluding hydrogens is 278 g/mol. The monoisotopic (exact) mass is 291 g/mol. The topological polar surface area (TPSA) is 29.9 Å². The van der Waals surface area contributed by atoms with Gasteiger partial charge < -0.3 is 5.32 Å². The van der Waals surface area contributed by atoms with E-state index in [0.717, 1.165) is 29.0 Å². The zero-order chi connectivity index (χ0) is 12.1. The van der Waals surface area contributed by atoms with Crippen LogP contribution < -0.4 is 5.32 Å². The van der Waals surface area contributed by atoms with Crippen LogP contribution in [0.3, 0.4) is 0 Å². The fourth-order valence-electron chi connectivity index (χ4n) is 1.51. The van der Waals surface area contributed by atoms with Crippen LogP contribution >= 0.6 is 15.9 Å². The van der Waals surface area contributed by atoms with Gasteiger partial charge in [0.15, 0.2) is 0 Å². The summed E-state index contributed by atoms with van der Waals surface area (Å²) in [6.07, 6.45) is 1.97. The van der Waals surface area contributed by atoms with E-state index in [1.807, 2.05) is 47.3 Å². The van der Waals surface area contributed by atoms with Crippen LogP contribution in [0.4, 0.5) is 0 Å². The van der Waals surface area contributed by atoms with Gasteiger partial charge in [-0.15, -0.1) is 0 Å². The van der Waals surface area contributed by atoms with Gasteiger partial charge in [-0.25, -0.2) is 4.68 Å². The molecule has 0 bridgehead atoms. The van der Waals surface area contributed by atoms with Crippen molar-refractivity contribution in [3.05, 3.63) is 59.4 Å². The van der Waals surface area contributed by atoms with Gasteiger partial charge in [-0.2, -0.15) is 5.10 Å². The lowest BCUT2D eigenvalue weighted by Crippen LogP contribution is -2.15. The van der Waals surface area contributed by atoms with Gasteiger partial charge in [-0.3, -0.25) is 0 Å². The molecule has 0 amide bonds. The van der Waals surface area contributed by atoms with Crippen molar-refractivity contribution in [2.45, 2.75) is 6.54 Å². The molecule has 1 N–H and O–H groups in total. The Labute approximate surface area is 109 Å². The first-order valence-corrected chi connectivity index (χ1v) is 6.19. The summed E-state index contributed by atoms with van der Waals surface area (Å²) in [7, 11) is 0. The Kier molecular flexibility index (Phi) is 4.12. The predicted molar refractivity (Wildman–Crippen MR) is 73.3 cm³/mol. The number of hydrogen-bond donors (Lipinski definition) is 1. The van der Waals surface area contributed by atoms with Crippen molar-refractivity contribution in [3.8, 4) is 5.69 Å². The fourth-order valence-corrected chi connectivity index (χ4v) is 1.70. The van der Waals surface area contributed by atoms with Gasteiger partial charge in [0, 0.05) is 23.8 Å². The molecule has 3 nitrogen and oxygen atoms in total. The van der Waals surface area contributed by atoms with Crippen molar-refractivity contribution in [2.24, 2.45) is 0 Å². The molecule has 4 heteroatoms. The predicted octanol–water partition coefficient (Wildman–Crippen LogP) is 2.87. The standard InChI is InChI=1S/C13H14BrN3/c1-11(14)9-15-10-12-7-8-17(16-12)13-5-3-2-4-6-13/h2-8,15H,1,9-10H2. The third-order valence-corrected chi connectivity index (χ3v) is 2.57. The molecule has 0 unspecified atom stereocenters. The maximum atomic E-state index is 4.49. The molecule has 0 saturated carbocycles. The average molecular weight is 292 g/mol. The van der Waals surface area contributed by atoms with Gasteiger partial charge in [0.1, 0.15) is 0 Å². The lowest BCUT2D eigenvalue weighted by molar-refractivity contribution is 0.718. The average Bonchev–Trinajstić information content (AvgIpc) is 2.78. The van der Waals surface area contributed by atoms with Crippen molar-refractivity contribution in [1.82, 2.24) is 15.1 Å². The summed E-state index contributed by atoms with van der Waals surface area (Å²) in [4.78, 5) is 0. The Hall–Kier alpha value is -1.39. The summed E-state index contributed by atoms with van der Waals surface area (Å²) < 4.78 is 2.82. The van der Waals surface area contributed by atoms with Crippen molar-refractivity contribution in [2.75, 3.05) is 6.54 Å². The Morgan fingerprint density at radius 3 is 2.76 bits per heavy atom. The van der Waals surface area contributed by atoms with Crippen LogP contribution in [0.1, 0.15) is 5.69 Å². The van der Waals surface area contributed by atoms with E-state index >= 15 is 0 Å². The van der Waals surface area contributed by atoms with Crippen molar-refractivity contribution >= 4 is 15.9 Å². The summed E-state index contributed by atoms with van der Waals surface area (Å²) in [5.74, 6) is 0. The number of para-hydroxylation sites is 1. The quantitative estimate of drug-likeness (QED) is 0.918. The summed E-state index contributed by atoms with van der Waals surface area (Å²) in [5, 5.41) is 7.73. The number of halogens is 1. The summed E-state index contributed by atoms with van der Waals surface area (Å²) >= 11 is 3.31. The smallest absolute Gasteiger partial charge is 0.0766 e. The van der Waals surface area contributed by atoms with E-state index in [9.17, 15) is 0 Å². The Morgan fingerprint density at radius 2 is 2.06 bits per heavy atom. The molecule has 0 atom stereocenters. The van der Waals surface area contributed by atoms with Crippen molar-refractivity contribution in [3.63, 3.8) is 0 Å². The summed E-state index contributed by atoms with van der Waals surface area (Å²) in [6.45, 7) is 5.26. The van der Waals surface area contributed by atoms with Gasteiger partial charge in [0.25, 0.3) is 0 Å². The molecule has 17 heavy (non-hydrogen) atoms. The normalized spacial score (nSPS) is 10.4. The zero-order valence-electron chi connectivity index (χ0n) is 9.44. The second-order valence-corrected chi connectivity index (χ2v) is 4.83. The van der Waals surface area contributed by atoms with E-state index < -0.39 is 0 Å². The van der Waals surface area contributed by atoms with E-state index in [1.165, 1.54) is 0 Å². The summed E-state index contributed by atoms with van der Waals surface area (Å²) in [5.41, 5.74) is 2.09. The second kappa shape index (κ2) is 5.80. The van der Waals surface area contributed by atoms with E-state index in [4.69, 9.17) is 0 Å². The van der Waals surface area contributed by atoms with Crippen LogP contribution in [0.5, 0.6) is 0 Å². The third-order valence-electron chi connectivity index (χ3n) is 2.29. The molecule has 0 aliphatic carbocycles. The van der Waals surface area contributed by atoms with E-state index in [-0.39, 0.29) is 0 Å². The number of nitrogens with one attached hydrogen (secondary N) is 1. The van der Waals surface area contributed by atoms with Gasteiger partial charge in [0.2, 0.25) is 0 Å². The largest absolute Gasteiger partial charge is 0.306 e. The molecule has 88 valence electrons. The van der Waals surface area contributed by atoms with Crippen LogP contribution in [0.15, 0.2) is 53.7 Å². The SMILES string of the molecule is C=C(Br)CNCc1ccn(-c2ccccc2)n1. The van der Waals surface area contributed by atoms with Gasteiger partial charge in [-0.1, -0.05) is 40.7 Å². The van der Waals surface area contributed by atoms with Crippen LogP contribution in [0, 0.1) is 0 Å². The molecule has 1 aromatic heterocycles. The maximum Gasteiger partial charge on any atom is 0.0766 e. The Balaban J connectivity index is 1.99. The highest BCUT2D eigenvalue weighted by atomic mass is 79.9. The molecule has 0 spiro atoms. The number of rotatable bonds is 5. The maximum absolute atomic E-state index is 4.49. The molecule has 1 aromatic carbocycles. The first-order valence-electron chi connectivity index (χ1n) is 5.39. The van der Waals surface area contributed by atoms with Gasteiger partial charge in [-0.05, 0) is 18.2 Å². The second-order valence-electron chi connectivity index (χ2n) is 3.71. The highest BCUT2D eigenvalue weighted by Gasteiger charge is 2.00. The van der Waals surface area contributed by atoms with Gasteiger partial charge in [0.05, 0.1) is 11.4 Å². The summed E-state index contributed by atoms with van der Waals surface area (Å²) in [6, 6.07) is 12.1. The fraction of sp³-hybridized carbons (Fsp3) is 0.154. The number of benzene rings is 1. The van der Waals surface area contributed by atoms with Crippen LogP contribution in [0.25, 0.3) is 5.69 Å². The molecule has 0 saturated heterocycles. The Morgan fingerprint density at radius 1 is 1.29 bits per heavy atom. The highest BCUT2D eigenvalue weighted by Crippen LogP contribution is 2.06. The molecule has 0 aliphatic heterocycles. The lowest BCUT2D eigenvalue weighted by atomic mass is 10.3. The molecule has 0 radical (unpaired) electrons. The minimum Gasteiger partial charge on any atom is -0.306 e. The van der Waals surface area contributed by atoms with E-state index in [1.54, 1.807) is 0 Å². The van der Waals surface area contributed by atoms with Crippen LogP contribution in [-0.2, 0) is 6.54 Å². The number of nitrogens with zero attached hydrogens (tertiary/aromatic N) is 2. The molecular formula is C13H14BrN3. The minimum absolute atomic E-state index is 0.741. The molecule has 1 heterocycles. The zero-order valence-corrected chi connectivity index (χ0v) is 11.0. The first-order chi connectivity index (χ1) is 8.25. The van der Waals surface area contributed by atoms with Crippen molar-refractivity contribution < 1.29 is 0 Å². The van der Waals surface area contributed by atoms with E-state index in [0.29, 0.717) is 0 Å². The molecule has 2 rings (SSSR count).